The van der Waals surface area contributed by atoms with Gasteiger partial charge in [0.25, 0.3) is 0 Å². The average Bonchev–Trinajstić information content (AvgIpc) is 2.77. The van der Waals surface area contributed by atoms with Gasteiger partial charge < -0.3 is 19.3 Å². The maximum absolute atomic E-state index is 15.1. The molecular weight excluding hydrogens is 481 g/mol. The topological polar surface area (TPSA) is 118 Å². The van der Waals surface area contributed by atoms with Crippen LogP contribution in [0.4, 0.5) is 9.18 Å². The number of aliphatic hydroxyl groups excluding tert-OH is 1. The molecular formula is C23H34FN3O7S. The third-order valence-electron chi connectivity index (χ3n) is 6.05. The number of nitrogens with zero attached hydrogens (tertiary/aromatic N) is 3. The minimum Gasteiger partial charge on any atom is -0.443 e. The molecule has 1 heterocycles. The summed E-state index contributed by atoms with van der Waals surface area (Å²) in [5.41, 5.74) is -2.33. The Labute approximate surface area is 205 Å². The standard InChI is InChI=1S/C23H34FN3O7S/c1-22(2,3)34-21(29)27(15-33-13-12-32-5)20-25-23(17-8-6-7-9-18(17)24)11-10-16(28)14-19(23)35(30,31)26(20)4/h6-9,16,19,28H,10-15H2,1-5H3. The van der Waals surface area contributed by atoms with Gasteiger partial charge in [-0.3, -0.25) is 0 Å². The van der Waals surface area contributed by atoms with Crippen molar-refractivity contribution in [2.45, 2.75) is 62.5 Å². The van der Waals surface area contributed by atoms with Gasteiger partial charge in [0.15, 0.2) is 0 Å². The van der Waals surface area contributed by atoms with Crippen LogP contribution >= 0.6 is 0 Å². The molecule has 0 saturated heterocycles. The molecule has 1 aromatic rings. The smallest absolute Gasteiger partial charge is 0.419 e. The Morgan fingerprint density at radius 1 is 1.31 bits per heavy atom. The summed E-state index contributed by atoms with van der Waals surface area (Å²) >= 11 is 0. The van der Waals surface area contributed by atoms with Crippen LogP contribution in [-0.4, -0.2) is 85.8 Å². The molecule has 1 N–H and O–H groups in total. The van der Waals surface area contributed by atoms with E-state index in [2.05, 4.69) is 0 Å². The van der Waals surface area contributed by atoms with Gasteiger partial charge in [-0.2, -0.15) is 0 Å². The maximum Gasteiger partial charge on any atom is 0.419 e. The summed E-state index contributed by atoms with van der Waals surface area (Å²) in [6.07, 6.45) is -1.57. The first-order valence-corrected chi connectivity index (χ1v) is 12.9. The Bertz CT molecular complexity index is 1060. The lowest BCUT2D eigenvalue weighted by molar-refractivity contribution is -0.00469. The van der Waals surface area contributed by atoms with Crippen molar-refractivity contribution in [3.8, 4) is 0 Å². The first kappa shape index (κ1) is 27.3. The normalized spacial score (nSPS) is 26.0. The van der Waals surface area contributed by atoms with E-state index in [-0.39, 0.29) is 50.7 Å². The molecule has 1 saturated carbocycles. The molecule has 1 aliphatic heterocycles. The average molecular weight is 516 g/mol. The second kappa shape index (κ2) is 10.4. The molecule has 35 heavy (non-hydrogen) atoms. The number of carbonyl (C=O) groups excluding carboxylic acids is 1. The number of fused-ring (bicyclic) bond motifs is 1. The van der Waals surface area contributed by atoms with Crippen LogP contribution in [0.1, 0.15) is 45.6 Å². The van der Waals surface area contributed by atoms with E-state index in [1.807, 2.05) is 0 Å². The van der Waals surface area contributed by atoms with Crippen molar-refractivity contribution in [2.24, 2.45) is 4.99 Å². The molecule has 3 unspecified atom stereocenters. The number of sulfonamides is 1. The van der Waals surface area contributed by atoms with Crippen molar-refractivity contribution in [1.82, 2.24) is 9.21 Å². The predicted octanol–water partition coefficient (Wildman–Crippen LogP) is 2.42. The Morgan fingerprint density at radius 3 is 2.63 bits per heavy atom. The lowest BCUT2D eigenvalue weighted by Gasteiger charge is -2.48. The fourth-order valence-electron chi connectivity index (χ4n) is 4.38. The van der Waals surface area contributed by atoms with Gasteiger partial charge in [0.1, 0.15) is 28.9 Å². The highest BCUT2D eigenvalue weighted by atomic mass is 32.2. The number of methoxy groups -OCH3 is 1. The molecule has 1 amide bonds. The molecule has 196 valence electrons. The summed E-state index contributed by atoms with van der Waals surface area (Å²) in [6.45, 7) is 5.05. The van der Waals surface area contributed by atoms with Gasteiger partial charge in [0.2, 0.25) is 16.0 Å². The highest BCUT2D eigenvalue weighted by Gasteiger charge is 2.58. The van der Waals surface area contributed by atoms with Gasteiger partial charge in [0.05, 0.1) is 19.3 Å². The number of amides is 1. The number of rotatable bonds is 6. The van der Waals surface area contributed by atoms with Gasteiger partial charge in [-0.1, -0.05) is 18.2 Å². The molecule has 0 aromatic heterocycles. The van der Waals surface area contributed by atoms with Crippen LogP contribution in [0.3, 0.4) is 0 Å². The quantitative estimate of drug-likeness (QED) is 0.457. The van der Waals surface area contributed by atoms with E-state index < -0.39 is 44.4 Å². The first-order chi connectivity index (χ1) is 16.3. The summed E-state index contributed by atoms with van der Waals surface area (Å²) in [5.74, 6) is -0.857. The lowest BCUT2D eigenvalue weighted by atomic mass is 9.75. The monoisotopic (exact) mass is 515 g/mol. The highest BCUT2D eigenvalue weighted by molar-refractivity contribution is 7.90. The second-order valence-corrected chi connectivity index (χ2v) is 11.8. The number of aliphatic hydroxyl groups is 1. The Hall–Kier alpha value is -2.28. The Balaban J connectivity index is 2.18. The van der Waals surface area contributed by atoms with Gasteiger partial charge in [-0.25, -0.2) is 31.8 Å². The number of ether oxygens (including phenoxy) is 3. The molecule has 0 bridgehead atoms. The Morgan fingerprint density at radius 2 is 2.00 bits per heavy atom. The van der Waals surface area contributed by atoms with E-state index in [0.29, 0.717) is 0 Å². The van der Waals surface area contributed by atoms with Crippen molar-refractivity contribution >= 4 is 22.1 Å². The minimum atomic E-state index is -4.18. The number of aliphatic imine (C=N–C) groups is 1. The van der Waals surface area contributed by atoms with Crippen molar-refractivity contribution in [3.63, 3.8) is 0 Å². The first-order valence-electron chi connectivity index (χ1n) is 11.4. The van der Waals surface area contributed by atoms with Gasteiger partial charge >= 0.3 is 6.09 Å². The molecule has 0 spiro atoms. The van der Waals surface area contributed by atoms with Crippen LogP contribution in [0.5, 0.6) is 0 Å². The van der Waals surface area contributed by atoms with Gasteiger partial charge in [0, 0.05) is 19.7 Å². The van der Waals surface area contributed by atoms with E-state index in [9.17, 15) is 18.3 Å². The zero-order valence-corrected chi connectivity index (χ0v) is 21.5. The number of halogens is 1. The van der Waals surface area contributed by atoms with Crippen LogP contribution in [0.25, 0.3) is 0 Å². The predicted molar refractivity (Wildman–Crippen MR) is 127 cm³/mol. The van der Waals surface area contributed by atoms with Crippen LogP contribution in [0.15, 0.2) is 29.3 Å². The van der Waals surface area contributed by atoms with E-state index in [4.69, 9.17) is 19.2 Å². The third kappa shape index (κ3) is 5.60. The lowest BCUT2D eigenvalue weighted by Crippen LogP contribution is -2.62. The summed E-state index contributed by atoms with van der Waals surface area (Å²) < 4.78 is 59.5. The second-order valence-electron chi connectivity index (χ2n) is 9.68. The van der Waals surface area contributed by atoms with Crippen LogP contribution in [-0.2, 0) is 29.8 Å². The van der Waals surface area contributed by atoms with Crippen molar-refractivity contribution in [2.75, 3.05) is 34.1 Å². The third-order valence-corrected chi connectivity index (χ3v) is 8.28. The summed E-state index contributed by atoms with van der Waals surface area (Å²) in [4.78, 5) is 18.9. The minimum absolute atomic E-state index is 0.0724. The number of hydrogen-bond acceptors (Lipinski definition) is 8. The van der Waals surface area contributed by atoms with Crippen LogP contribution < -0.4 is 0 Å². The zero-order valence-electron chi connectivity index (χ0n) is 20.7. The fraction of sp³-hybridized carbons (Fsp3) is 0.652. The summed E-state index contributed by atoms with van der Waals surface area (Å²) in [7, 11) is -1.41. The SMILES string of the molecule is COCCOCN(C(=O)OC(C)(C)C)C1=NC2(c3ccccc3F)CCC(O)CC2S(=O)(=O)N1C. The zero-order chi connectivity index (χ0) is 26.0. The number of hydrogen-bond donors (Lipinski definition) is 1. The molecule has 1 fully saturated rings. The van der Waals surface area contributed by atoms with E-state index in [1.54, 1.807) is 26.8 Å². The van der Waals surface area contributed by atoms with E-state index in [0.717, 1.165) is 9.21 Å². The van der Waals surface area contributed by atoms with Crippen molar-refractivity contribution in [3.05, 3.63) is 35.6 Å². The van der Waals surface area contributed by atoms with E-state index in [1.165, 1.54) is 32.4 Å². The molecule has 10 nitrogen and oxygen atoms in total. The van der Waals surface area contributed by atoms with Gasteiger partial charge in [-0.05, 0) is 46.1 Å². The van der Waals surface area contributed by atoms with Crippen molar-refractivity contribution < 1.29 is 36.9 Å². The molecule has 1 aromatic carbocycles. The maximum atomic E-state index is 15.1. The van der Waals surface area contributed by atoms with Crippen LogP contribution in [0.2, 0.25) is 0 Å². The molecule has 3 rings (SSSR count). The molecule has 2 aliphatic rings. The van der Waals surface area contributed by atoms with E-state index >= 15 is 4.39 Å². The largest absolute Gasteiger partial charge is 0.443 e. The summed E-state index contributed by atoms with van der Waals surface area (Å²) in [6, 6.07) is 5.85. The molecule has 12 heteroatoms. The van der Waals surface area contributed by atoms with Gasteiger partial charge in [-0.15, -0.1) is 0 Å². The Kier molecular flexibility index (Phi) is 8.09. The molecule has 1 aliphatic carbocycles. The highest BCUT2D eigenvalue weighted by Crippen LogP contribution is 2.48. The number of benzene rings is 1. The number of guanidine groups is 1. The fourth-order valence-corrected chi connectivity index (χ4v) is 6.38. The van der Waals surface area contributed by atoms with Crippen molar-refractivity contribution in [1.29, 1.82) is 0 Å². The number of carbonyl (C=O) groups is 1. The molecule has 3 atom stereocenters. The summed E-state index contributed by atoms with van der Waals surface area (Å²) in [5, 5.41) is 9.09. The molecule has 0 radical (unpaired) electrons. The van der Waals surface area contributed by atoms with Crippen LogP contribution in [0, 0.1) is 5.82 Å².